The van der Waals surface area contributed by atoms with Crippen molar-refractivity contribution in [1.82, 2.24) is 14.1 Å². The molecule has 0 saturated carbocycles. The molecule has 1 amide bonds. The van der Waals surface area contributed by atoms with Crippen LogP contribution < -0.4 is 0 Å². The number of hydrogen-bond acceptors (Lipinski definition) is 5. The fourth-order valence-electron chi connectivity index (χ4n) is 6.55. The van der Waals surface area contributed by atoms with Gasteiger partial charge in [0.05, 0.1) is 17.0 Å². The van der Waals surface area contributed by atoms with E-state index in [9.17, 15) is 22.0 Å². The Kier molecular flexibility index (Phi) is 9.23. The lowest BCUT2D eigenvalue weighted by molar-refractivity contribution is 0.0113. The molecular weight excluding hydrogens is 572 g/mol. The summed E-state index contributed by atoms with van der Waals surface area (Å²) in [5.74, 6) is -2.11. The van der Waals surface area contributed by atoms with Crippen LogP contribution in [0.25, 0.3) is 0 Å². The number of halogens is 3. The Morgan fingerprint density at radius 1 is 0.976 bits per heavy atom. The van der Waals surface area contributed by atoms with Gasteiger partial charge < -0.3 is 9.64 Å². The normalized spacial score (nSPS) is 24.2. The van der Waals surface area contributed by atoms with Crippen LogP contribution in [-0.2, 0) is 14.8 Å². The van der Waals surface area contributed by atoms with E-state index in [-0.39, 0.29) is 22.6 Å². The van der Waals surface area contributed by atoms with Crippen molar-refractivity contribution in [3.63, 3.8) is 0 Å². The summed E-state index contributed by atoms with van der Waals surface area (Å²) in [7, 11) is -4.18. The SMILES string of the molecule is CC1(N2CCCCC2)CCN(C(=O)OC[C@@H]2CCC[C@H](c3cccc(F)c3F)N2S(=O)(=O)c2ccc(Cl)cc2)CC1. The average molecular weight is 610 g/mol. The molecule has 0 radical (unpaired) electrons. The fraction of sp³-hybridized carbons (Fsp3) is 0.567. The van der Waals surface area contributed by atoms with Crippen molar-refractivity contribution in [2.75, 3.05) is 32.8 Å². The van der Waals surface area contributed by atoms with Crippen molar-refractivity contribution < 1.29 is 26.7 Å². The monoisotopic (exact) mass is 609 g/mol. The minimum absolute atomic E-state index is 0.0185. The highest BCUT2D eigenvalue weighted by atomic mass is 35.5. The molecule has 3 aliphatic heterocycles. The van der Waals surface area contributed by atoms with Gasteiger partial charge in [0, 0.05) is 29.2 Å². The molecule has 0 aliphatic carbocycles. The van der Waals surface area contributed by atoms with Crippen molar-refractivity contribution in [3.8, 4) is 0 Å². The lowest BCUT2D eigenvalue weighted by Gasteiger charge is -2.48. The van der Waals surface area contributed by atoms with Crippen LogP contribution in [0.4, 0.5) is 13.6 Å². The fourth-order valence-corrected chi connectivity index (χ4v) is 8.52. The number of amides is 1. The Bertz CT molecular complexity index is 1330. The van der Waals surface area contributed by atoms with Gasteiger partial charge >= 0.3 is 6.09 Å². The first kappa shape index (κ1) is 30.2. The molecule has 224 valence electrons. The van der Waals surface area contributed by atoms with Gasteiger partial charge in [0.2, 0.25) is 10.0 Å². The van der Waals surface area contributed by atoms with E-state index in [1.807, 2.05) is 0 Å². The van der Waals surface area contributed by atoms with Gasteiger partial charge in [-0.2, -0.15) is 4.31 Å². The molecule has 0 aromatic heterocycles. The summed E-state index contributed by atoms with van der Waals surface area (Å²) in [6.07, 6.45) is 6.19. The number of benzene rings is 2. The third kappa shape index (κ3) is 6.40. The molecule has 0 N–H and O–H groups in total. The van der Waals surface area contributed by atoms with E-state index in [1.165, 1.54) is 60.0 Å². The standard InChI is InChI=1S/C30H38ClF2N3O4S/c1-30(35-17-3-2-4-18-35)15-19-34(20-16-30)29(37)40-21-23-7-5-10-27(25-8-6-9-26(32)28(25)33)36(23)41(38,39)24-13-11-22(31)12-14-24/h6,8-9,11-14,23,27H,2-5,7,10,15-21H2,1H3/t23-,27+/m0/s1. The van der Waals surface area contributed by atoms with Crippen LogP contribution >= 0.6 is 11.6 Å². The summed E-state index contributed by atoms with van der Waals surface area (Å²) in [6.45, 7) is 5.41. The van der Waals surface area contributed by atoms with Crippen LogP contribution in [0.1, 0.15) is 69.9 Å². The smallest absolute Gasteiger partial charge is 0.409 e. The molecule has 2 atom stereocenters. The van der Waals surface area contributed by atoms with Crippen molar-refractivity contribution in [3.05, 3.63) is 64.7 Å². The number of hydrogen-bond donors (Lipinski definition) is 0. The molecule has 3 aliphatic rings. The van der Waals surface area contributed by atoms with Crippen molar-refractivity contribution in [2.45, 2.75) is 80.8 Å². The van der Waals surface area contributed by atoms with Crippen LogP contribution in [0.3, 0.4) is 0 Å². The quantitative estimate of drug-likeness (QED) is 0.380. The zero-order chi connectivity index (χ0) is 29.2. The van der Waals surface area contributed by atoms with Gasteiger partial charge in [-0.05, 0) is 95.3 Å². The van der Waals surface area contributed by atoms with Crippen molar-refractivity contribution in [1.29, 1.82) is 0 Å². The summed E-state index contributed by atoms with van der Waals surface area (Å²) >= 11 is 5.99. The Balaban J connectivity index is 1.33. The number of likely N-dealkylation sites (tertiary alicyclic amines) is 2. The molecule has 2 aromatic carbocycles. The number of piperidine rings is 3. The molecule has 3 heterocycles. The second-order valence-corrected chi connectivity index (χ2v) is 13.9. The molecule has 3 fully saturated rings. The molecular formula is C30H38ClF2N3O4S. The van der Waals surface area contributed by atoms with Crippen LogP contribution in [0.2, 0.25) is 5.02 Å². The third-order valence-electron chi connectivity index (χ3n) is 9.03. The van der Waals surface area contributed by atoms with Gasteiger partial charge in [-0.3, -0.25) is 4.90 Å². The molecule has 7 nitrogen and oxygen atoms in total. The lowest BCUT2D eigenvalue weighted by atomic mass is 9.86. The molecule has 11 heteroatoms. The number of nitrogens with zero attached hydrogens (tertiary/aromatic N) is 3. The summed E-state index contributed by atoms with van der Waals surface area (Å²) in [4.78, 5) is 17.4. The maximum atomic E-state index is 15.0. The number of sulfonamides is 1. The second-order valence-electron chi connectivity index (χ2n) is 11.6. The van der Waals surface area contributed by atoms with Gasteiger partial charge in [0.15, 0.2) is 11.6 Å². The van der Waals surface area contributed by atoms with E-state index < -0.39 is 39.8 Å². The molecule has 0 spiro atoms. The van der Waals surface area contributed by atoms with E-state index in [0.29, 0.717) is 37.4 Å². The lowest BCUT2D eigenvalue weighted by Crippen LogP contribution is -2.56. The van der Waals surface area contributed by atoms with E-state index in [2.05, 4.69) is 11.8 Å². The summed E-state index contributed by atoms with van der Waals surface area (Å²) < 4.78 is 64.1. The third-order valence-corrected chi connectivity index (χ3v) is 11.3. The summed E-state index contributed by atoms with van der Waals surface area (Å²) in [6, 6.07) is 7.82. The summed E-state index contributed by atoms with van der Waals surface area (Å²) in [5, 5.41) is 0.374. The number of carbonyl (C=O) groups is 1. The predicted octanol–water partition coefficient (Wildman–Crippen LogP) is 6.38. The molecule has 0 unspecified atom stereocenters. The van der Waals surface area contributed by atoms with Gasteiger partial charge in [-0.1, -0.05) is 30.2 Å². The van der Waals surface area contributed by atoms with E-state index in [1.54, 1.807) is 4.90 Å². The minimum atomic E-state index is -4.18. The molecule has 2 aromatic rings. The zero-order valence-corrected chi connectivity index (χ0v) is 25.0. The average Bonchev–Trinajstić information content (AvgIpc) is 2.98. The van der Waals surface area contributed by atoms with Crippen LogP contribution in [0.5, 0.6) is 0 Å². The molecule has 3 saturated heterocycles. The van der Waals surface area contributed by atoms with E-state index in [0.717, 1.165) is 32.0 Å². The maximum absolute atomic E-state index is 15.0. The first-order valence-electron chi connectivity index (χ1n) is 14.5. The molecule has 5 rings (SSSR count). The maximum Gasteiger partial charge on any atom is 0.409 e. The van der Waals surface area contributed by atoms with Crippen LogP contribution in [-0.4, -0.2) is 73.0 Å². The highest BCUT2D eigenvalue weighted by molar-refractivity contribution is 7.89. The number of rotatable bonds is 6. The Hall–Kier alpha value is -2.27. The zero-order valence-electron chi connectivity index (χ0n) is 23.4. The molecule has 0 bridgehead atoms. The minimum Gasteiger partial charge on any atom is -0.448 e. The van der Waals surface area contributed by atoms with Crippen LogP contribution in [0, 0.1) is 11.6 Å². The number of carbonyl (C=O) groups excluding carboxylic acids is 1. The van der Waals surface area contributed by atoms with Crippen LogP contribution in [0.15, 0.2) is 47.4 Å². The largest absolute Gasteiger partial charge is 0.448 e. The first-order valence-corrected chi connectivity index (χ1v) is 16.3. The van der Waals surface area contributed by atoms with Crippen molar-refractivity contribution in [2.24, 2.45) is 0 Å². The van der Waals surface area contributed by atoms with E-state index in [4.69, 9.17) is 16.3 Å². The van der Waals surface area contributed by atoms with Gasteiger partial charge in [-0.25, -0.2) is 22.0 Å². The Labute approximate surface area is 246 Å². The second kappa shape index (κ2) is 12.5. The highest BCUT2D eigenvalue weighted by Gasteiger charge is 2.43. The summed E-state index contributed by atoms with van der Waals surface area (Å²) in [5.41, 5.74) is 0.0262. The first-order chi connectivity index (χ1) is 19.6. The Morgan fingerprint density at radius 3 is 2.34 bits per heavy atom. The van der Waals surface area contributed by atoms with Crippen molar-refractivity contribution >= 4 is 27.7 Å². The van der Waals surface area contributed by atoms with E-state index >= 15 is 0 Å². The topological polar surface area (TPSA) is 70.2 Å². The van der Waals surface area contributed by atoms with Gasteiger partial charge in [0.1, 0.15) is 6.61 Å². The Morgan fingerprint density at radius 2 is 1.66 bits per heavy atom. The molecule has 41 heavy (non-hydrogen) atoms. The predicted molar refractivity (Wildman–Crippen MR) is 153 cm³/mol. The van der Waals surface area contributed by atoms with Gasteiger partial charge in [0.25, 0.3) is 0 Å². The number of ether oxygens (including phenoxy) is 1. The van der Waals surface area contributed by atoms with Gasteiger partial charge in [-0.15, -0.1) is 0 Å². The highest BCUT2D eigenvalue weighted by Crippen LogP contribution is 2.40.